The van der Waals surface area contributed by atoms with Crippen molar-refractivity contribution in [3.8, 4) is 0 Å². The van der Waals surface area contributed by atoms with Gasteiger partial charge in [0.05, 0.1) is 0 Å². The molecule has 0 aromatic carbocycles. The van der Waals surface area contributed by atoms with Crippen LogP contribution in [-0.4, -0.2) is 24.2 Å². The first-order valence-electron chi connectivity index (χ1n) is 28.6. The van der Waals surface area contributed by atoms with E-state index < -0.39 is 0 Å². The van der Waals surface area contributed by atoms with Crippen LogP contribution in [0.3, 0.4) is 0 Å². The van der Waals surface area contributed by atoms with Gasteiger partial charge in [0.15, 0.2) is 0 Å². The van der Waals surface area contributed by atoms with Crippen molar-refractivity contribution in [3.05, 3.63) is 0 Å². The monoisotopic (exact) mass is 815 g/mol. The lowest BCUT2D eigenvalue weighted by molar-refractivity contribution is 0.0585. The Balaban J connectivity index is 0.876. The maximum absolute atomic E-state index is 4.47. The Bertz CT molecular complexity index is 1140. The highest BCUT2D eigenvalue weighted by atomic mass is 15.0. The largest absolute Gasteiger partial charge is 0.311 e. The molecule has 4 saturated heterocycles. The molecule has 8 aliphatic rings. The molecule has 0 aromatic rings. The van der Waals surface area contributed by atoms with Crippen LogP contribution in [-0.2, 0) is 0 Å². The van der Waals surface area contributed by atoms with Gasteiger partial charge in [0, 0.05) is 24.2 Å². The average Bonchev–Trinajstić information content (AvgIpc) is 3.83. The minimum Gasteiger partial charge on any atom is -0.311 e. The summed E-state index contributed by atoms with van der Waals surface area (Å²) in [4.78, 5) is 0. The number of nitrogens with one attached hydrogen (secondary N) is 2. The highest BCUT2D eigenvalue weighted by Gasteiger charge is 2.47. The molecule has 340 valence electrons. The Hall–Kier alpha value is -0.0800. The van der Waals surface area contributed by atoms with Crippen molar-refractivity contribution in [2.24, 2.45) is 58.7 Å². The molecule has 4 saturated carbocycles. The van der Waals surface area contributed by atoms with E-state index in [2.05, 4.69) is 17.6 Å². The van der Waals surface area contributed by atoms with E-state index in [0.717, 1.165) is 77.4 Å². The van der Waals surface area contributed by atoms with E-state index in [-0.39, 0.29) is 0 Å². The van der Waals surface area contributed by atoms with Crippen molar-refractivity contribution >= 4 is 0 Å². The first-order valence-corrected chi connectivity index (χ1v) is 28.6. The topological polar surface area (TPSA) is 24.1 Å². The van der Waals surface area contributed by atoms with Crippen molar-refractivity contribution in [1.82, 2.24) is 10.6 Å². The van der Waals surface area contributed by atoms with E-state index in [9.17, 15) is 0 Å². The van der Waals surface area contributed by atoms with Gasteiger partial charge in [-0.3, -0.25) is 0 Å². The van der Waals surface area contributed by atoms with E-state index in [1.807, 2.05) is 0 Å². The van der Waals surface area contributed by atoms with Gasteiger partial charge in [0.1, 0.15) is 0 Å². The molecular formula is C57H102N2. The highest BCUT2D eigenvalue weighted by molar-refractivity contribution is 5.01. The summed E-state index contributed by atoms with van der Waals surface area (Å²) in [6.07, 6.45) is 64.2. The summed E-state index contributed by atoms with van der Waals surface area (Å²) in [5.41, 5.74) is 0.595. The van der Waals surface area contributed by atoms with Crippen molar-refractivity contribution in [3.63, 3.8) is 0 Å². The van der Waals surface area contributed by atoms with E-state index in [1.165, 1.54) is 173 Å². The zero-order chi connectivity index (χ0) is 40.1. The summed E-state index contributed by atoms with van der Waals surface area (Å²) in [7, 11) is 0. The molecule has 0 amide bonds. The molecule has 0 aromatic heterocycles. The lowest BCUT2D eigenvalue weighted by Crippen LogP contribution is -2.41. The van der Waals surface area contributed by atoms with Crippen molar-refractivity contribution < 1.29 is 0 Å². The van der Waals surface area contributed by atoms with Crippen LogP contribution in [0.1, 0.15) is 277 Å². The number of hydrogen-bond acceptors (Lipinski definition) is 2. The van der Waals surface area contributed by atoms with Crippen LogP contribution in [0.5, 0.6) is 0 Å². The Morgan fingerprint density at radius 2 is 0.949 bits per heavy atom. The lowest BCUT2D eigenvalue weighted by atomic mass is 9.60. The fraction of sp³-hybridized carbons (Fsp3) is 1.00. The molecule has 4 aliphatic heterocycles. The summed E-state index contributed by atoms with van der Waals surface area (Å²) < 4.78 is 0. The van der Waals surface area contributed by atoms with Crippen LogP contribution >= 0.6 is 0 Å². The van der Waals surface area contributed by atoms with Gasteiger partial charge < -0.3 is 10.6 Å². The fourth-order valence-corrected chi connectivity index (χ4v) is 16.8. The molecule has 11 atom stereocenters. The summed E-state index contributed by atoms with van der Waals surface area (Å²) in [5, 5.41) is 8.85. The third-order valence-corrected chi connectivity index (χ3v) is 20.6. The molecule has 0 spiro atoms. The van der Waals surface area contributed by atoms with Crippen LogP contribution in [0.2, 0.25) is 0 Å². The summed E-state index contributed by atoms with van der Waals surface area (Å²) >= 11 is 0. The minimum atomic E-state index is 0.595. The van der Waals surface area contributed by atoms with Crippen LogP contribution in [0, 0.1) is 58.7 Å². The Kier molecular flexibility index (Phi) is 18.3. The van der Waals surface area contributed by atoms with Gasteiger partial charge in [-0.25, -0.2) is 0 Å². The summed E-state index contributed by atoms with van der Waals surface area (Å²) in [6, 6.07) is 3.21. The van der Waals surface area contributed by atoms with E-state index in [0.29, 0.717) is 5.41 Å². The Labute approximate surface area is 368 Å². The fourth-order valence-electron chi connectivity index (χ4n) is 16.8. The molecule has 4 bridgehead atoms. The average molecular weight is 815 g/mol. The van der Waals surface area contributed by atoms with Crippen LogP contribution in [0.15, 0.2) is 0 Å². The van der Waals surface area contributed by atoms with Crippen LogP contribution in [0.4, 0.5) is 0 Å². The van der Waals surface area contributed by atoms with Crippen molar-refractivity contribution in [2.75, 3.05) is 0 Å². The van der Waals surface area contributed by atoms with Crippen LogP contribution in [0.25, 0.3) is 0 Å². The quantitative estimate of drug-likeness (QED) is 0.135. The predicted molar refractivity (Wildman–Crippen MR) is 255 cm³/mol. The molecular weight excluding hydrogens is 713 g/mol. The third-order valence-electron chi connectivity index (χ3n) is 20.6. The van der Waals surface area contributed by atoms with Gasteiger partial charge >= 0.3 is 0 Å². The van der Waals surface area contributed by atoms with Crippen molar-refractivity contribution in [1.29, 1.82) is 0 Å². The number of rotatable bonds is 14. The molecule has 59 heavy (non-hydrogen) atoms. The first-order chi connectivity index (χ1) is 29.1. The molecule has 10 unspecified atom stereocenters. The molecule has 2 heteroatoms. The van der Waals surface area contributed by atoms with Gasteiger partial charge in [-0.05, 0) is 155 Å². The normalized spacial score (nSPS) is 40.4. The van der Waals surface area contributed by atoms with Gasteiger partial charge in [-0.2, -0.15) is 0 Å². The van der Waals surface area contributed by atoms with E-state index >= 15 is 0 Å². The van der Waals surface area contributed by atoms with Gasteiger partial charge in [-0.1, -0.05) is 180 Å². The van der Waals surface area contributed by atoms with E-state index in [1.54, 1.807) is 96.3 Å². The molecule has 4 aliphatic carbocycles. The molecule has 8 fully saturated rings. The lowest BCUT2D eigenvalue weighted by Gasteiger charge is -2.45. The second-order valence-electron chi connectivity index (χ2n) is 24.5. The van der Waals surface area contributed by atoms with Gasteiger partial charge in [0.2, 0.25) is 0 Å². The molecule has 2 nitrogen and oxygen atoms in total. The summed E-state index contributed by atoms with van der Waals surface area (Å²) in [5.74, 6) is 9.23. The SMILES string of the molecule is CC[C@H]1CCC(CCCC2CCC3CCC(CC4CCCCCC4)(C4CCC5CCC(CCCCC6CCC6)CC(C4)N5)CC(C2)N3)CCC1C1CCCCCCCC1. The molecule has 0 radical (unpaired) electrons. The minimum absolute atomic E-state index is 0.595. The molecule has 4 heterocycles. The zero-order valence-corrected chi connectivity index (χ0v) is 39.7. The van der Waals surface area contributed by atoms with E-state index in [4.69, 9.17) is 0 Å². The number of hydrogen-bond donors (Lipinski definition) is 2. The Morgan fingerprint density at radius 3 is 1.66 bits per heavy atom. The second kappa shape index (κ2) is 23.7. The Morgan fingerprint density at radius 1 is 0.407 bits per heavy atom. The third kappa shape index (κ3) is 13.5. The smallest absolute Gasteiger partial charge is 0.00776 e. The zero-order valence-electron chi connectivity index (χ0n) is 39.7. The standard InChI is InChI=1S/C57H102N2/c1-2-49-31-27-45(30-36-56(49)50-25-11-5-3-4-6-12-26-50)23-16-24-47-29-34-53-37-38-57(43-55(40-47)59-53,42-48-19-9-7-8-10-20-48)51-32-35-52-33-28-46(39-54(41-51)58-52)18-14-13-17-44-21-15-22-44/h44-56,58-59H,2-43H2,1H3/t45?,46?,47?,49-,51?,52?,53?,54?,55?,56?,57?/m0/s1. The maximum atomic E-state index is 4.47. The molecule has 2 N–H and O–H groups in total. The number of unbranched alkanes of at least 4 members (excludes halogenated alkanes) is 1. The van der Waals surface area contributed by atoms with Crippen LogP contribution < -0.4 is 10.6 Å². The first kappa shape index (κ1) is 45.5. The highest BCUT2D eigenvalue weighted by Crippen LogP contribution is 2.54. The molecule has 8 rings (SSSR count). The second-order valence-corrected chi connectivity index (χ2v) is 24.5. The predicted octanol–water partition coefficient (Wildman–Crippen LogP) is 16.7. The van der Waals surface area contributed by atoms with Crippen molar-refractivity contribution in [2.45, 2.75) is 301 Å². The number of fused-ring (bicyclic) bond motifs is 4. The summed E-state index contributed by atoms with van der Waals surface area (Å²) in [6.45, 7) is 2.55. The maximum Gasteiger partial charge on any atom is 0.00776 e. The van der Waals surface area contributed by atoms with Gasteiger partial charge in [-0.15, -0.1) is 0 Å². The van der Waals surface area contributed by atoms with Gasteiger partial charge in [0.25, 0.3) is 0 Å².